The first-order chi connectivity index (χ1) is 19.7. The molecule has 40 heavy (non-hydrogen) atoms. The molecule has 3 aliphatic rings. The van der Waals surface area contributed by atoms with Crippen LogP contribution in [0.3, 0.4) is 0 Å². The molecule has 3 aromatic rings. The van der Waals surface area contributed by atoms with Gasteiger partial charge in [-0.05, 0) is 30.7 Å². The smallest absolute Gasteiger partial charge is 0.281 e. The molecular weight excluding hydrogens is 514 g/mol. The van der Waals surface area contributed by atoms with E-state index >= 15 is 0 Å². The molecule has 1 N–H and O–H groups in total. The van der Waals surface area contributed by atoms with Crippen molar-refractivity contribution >= 4 is 28.4 Å². The van der Waals surface area contributed by atoms with Gasteiger partial charge >= 0.3 is 0 Å². The minimum atomic E-state index is -0.399. The van der Waals surface area contributed by atoms with Crippen molar-refractivity contribution in [1.82, 2.24) is 19.4 Å². The van der Waals surface area contributed by atoms with E-state index in [1.807, 2.05) is 22.8 Å². The first kappa shape index (κ1) is 26.5. The van der Waals surface area contributed by atoms with Crippen LogP contribution in [-0.2, 0) is 16.0 Å². The van der Waals surface area contributed by atoms with Gasteiger partial charge in [0.25, 0.3) is 5.91 Å². The summed E-state index contributed by atoms with van der Waals surface area (Å²) < 4.78 is 24.7. The van der Waals surface area contributed by atoms with Crippen molar-refractivity contribution in [3.05, 3.63) is 41.6 Å². The number of amides is 1. The molecule has 212 valence electrons. The van der Waals surface area contributed by atoms with Crippen LogP contribution in [0, 0.1) is 0 Å². The van der Waals surface area contributed by atoms with Crippen molar-refractivity contribution in [2.45, 2.75) is 13.0 Å². The summed E-state index contributed by atoms with van der Waals surface area (Å²) in [6, 6.07) is 7.51. The van der Waals surface area contributed by atoms with Crippen LogP contribution in [0.4, 0.5) is 11.6 Å². The maximum Gasteiger partial charge on any atom is 0.281 e. The number of morpholine rings is 2. The SMILES string of the molecule is COc1c(OCCCN2CCOCC2)ccc2c3n(c(=NC(=O)c4ccc(N5CCOCC5)nc4)nc12)CCN3. The summed E-state index contributed by atoms with van der Waals surface area (Å²) >= 11 is 0. The fourth-order valence-corrected chi connectivity index (χ4v) is 5.29. The largest absolute Gasteiger partial charge is 0.491 e. The summed E-state index contributed by atoms with van der Waals surface area (Å²) in [7, 11) is 1.61. The minimum absolute atomic E-state index is 0.317. The maximum absolute atomic E-state index is 13.2. The van der Waals surface area contributed by atoms with Crippen molar-refractivity contribution in [2.75, 3.05) is 89.6 Å². The molecule has 12 heteroatoms. The molecule has 0 atom stereocenters. The number of aromatic nitrogens is 3. The Morgan fingerprint density at radius 1 is 1.05 bits per heavy atom. The Labute approximate surface area is 232 Å². The number of ether oxygens (including phenoxy) is 4. The second kappa shape index (κ2) is 12.2. The summed E-state index contributed by atoms with van der Waals surface area (Å²) in [5, 5.41) is 4.30. The Kier molecular flexibility index (Phi) is 8.07. The summed E-state index contributed by atoms with van der Waals surface area (Å²) in [6.07, 6.45) is 2.47. The molecule has 0 radical (unpaired) electrons. The summed E-state index contributed by atoms with van der Waals surface area (Å²) in [6.45, 7) is 9.27. The van der Waals surface area contributed by atoms with E-state index in [2.05, 4.69) is 25.1 Å². The van der Waals surface area contributed by atoms with E-state index in [-0.39, 0.29) is 0 Å². The molecule has 1 amide bonds. The number of nitrogens with one attached hydrogen (secondary N) is 1. The molecule has 0 aliphatic carbocycles. The van der Waals surface area contributed by atoms with Crippen LogP contribution < -0.4 is 25.3 Å². The molecule has 12 nitrogen and oxygen atoms in total. The van der Waals surface area contributed by atoms with E-state index in [9.17, 15) is 4.79 Å². The molecule has 2 fully saturated rings. The molecular formula is C28H35N7O5. The van der Waals surface area contributed by atoms with Gasteiger partial charge in [-0.25, -0.2) is 9.97 Å². The lowest BCUT2D eigenvalue weighted by Gasteiger charge is -2.27. The van der Waals surface area contributed by atoms with E-state index < -0.39 is 5.91 Å². The topological polar surface area (TPSA) is 116 Å². The summed E-state index contributed by atoms with van der Waals surface area (Å²) in [5.74, 6) is 2.43. The zero-order valence-electron chi connectivity index (χ0n) is 22.8. The van der Waals surface area contributed by atoms with E-state index in [4.69, 9.17) is 23.9 Å². The van der Waals surface area contributed by atoms with Gasteiger partial charge < -0.3 is 29.2 Å². The third-order valence-corrected chi connectivity index (χ3v) is 7.42. The molecule has 2 saturated heterocycles. The number of hydrogen-bond donors (Lipinski definition) is 1. The molecule has 0 bridgehead atoms. The lowest BCUT2D eigenvalue weighted by Crippen LogP contribution is -2.37. The van der Waals surface area contributed by atoms with Crippen molar-refractivity contribution < 1.29 is 23.7 Å². The molecule has 0 saturated carbocycles. The van der Waals surface area contributed by atoms with E-state index in [0.29, 0.717) is 54.6 Å². The minimum Gasteiger partial charge on any atom is -0.491 e. The Morgan fingerprint density at radius 3 is 2.60 bits per heavy atom. The predicted molar refractivity (Wildman–Crippen MR) is 149 cm³/mol. The average Bonchev–Trinajstić information content (AvgIpc) is 3.51. The normalized spacial score (nSPS) is 18.0. The number of anilines is 2. The molecule has 2 aromatic heterocycles. The van der Waals surface area contributed by atoms with Crippen LogP contribution in [-0.4, -0.2) is 105 Å². The van der Waals surface area contributed by atoms with Gasteiger partial charge in [0.1, 0.15) is 17.2 Å². The summed E-state index contributed by atoms with van der Waals surface area (Å²) in [4.78, 5) is 31.4. The van der Waals surface area contributed by atoms with Gasteiger partial charge in [-0.2, -0.15) is 4.99 Å². The number of carbonyl (C=O) groups is 1. The second-order valence-electron chi connectivity index (χ2n) is 9.91. The number of methoxy groups -OCH3 is 1. The predicted octanol–water partition coefficient (Wildman–Crippen LogP) is 1.54. The van der Waals surface area contributed by atoms with E-state index in [0.717, 1.165) is 75.9 Å². The zero-order valence-corrected chi connectivity index (χ0v) is 22.8. The van der Waals surface area contributed by atoms with Crippen molar-refractivity contribution in [3.63, 3.8) is 0 Å². The van der Waals surface area contributed by atoms with Gasteiger partial charge in [-0.1, -0.05) is 0 Å². The van der Waals surface area contributed by atoms with Crippen LogP contribution in [0.15, 0.2) is 35.5 Å². The maximum atomic E-state index is 13.2. The number of fused-ring (bicyclic) bond motifs is 3. The van der Waals surface area contributed by atoms with Gasteiger partial charge in [0.2, 0.25) is 5.62 Å². The average molecular weight is 550 g/mol. The highest BCUT2D eigenvalue weighted by atomic mass is 16.5. The van der Waals surface area contributed by atoms with E-state index in [1.54, 1.807) is 19.4 Å². The first-order valence-electron chi connectivity index (χ1n) is 13.9. The molecule has 3 aliphatic heterocycles. The first-order valence-corrected chi connectivity index (χ1v) is 13.9. The van der Waals surface area contributed by atoms with Gasteiger partial charge in [-0.3, -0.25) is 14.3 Å². The Morgan fingerprint density at radius 2 is 1.85 bits per heavy atom. The molecule has 6 rings (SSSR count). The monoisotopic (exact) mass is 549 g/mol. The number of nitrogens with zero attached hydrogens (tertiary/aromatic N) is 6. The van der Waals surface area contributed by atoms with Crippen LogP contribution in [0.5, 0.6) is 11.5 Å². The lowest BCUT2D eigenvalue weighted by molar-refractivity contribution is 0.0357. The van der Waals surface area contributed by atoms with Crippen LogP contribution >= 0.6 is 0 Å². The fourth-order valence-electron chi connectivity index (χ4n) is 5.29. The fraction of sp³-hybridized carbons (Fsp3) is 0.500. The van der Waals surface area contributed by atoms with Crippen LogP contribution in [0.25, 0.3) is 10.9 Å². The number of benzene rings is 1. The third-order valence-electron chi connectivity index (χ3n) is 7.42. The highest BCUT2D eigenvalue weighted by Gasteiger charge is 2.21. The van der Waals surface area contributed by atoms with Gasteiger partial charge in [0.05, 0.1) is 45.7 Å². The standard InChI is InChI=1S/C28H35N7O5/c1-37-25-22(40-14-2-8-33-10-15-38-16-11-33)5-4-21-24(25)31-28(35-9-7-29-26(21)35)32-27(36)20-3-6-23(30-19-20)34-12-17-39-18-13-34/h3-6,19,29H,2,7-18H2,1H3. The van der Waals surface area contributed by atoms with Gasteiger partial charge in [0, 0.05) is 57.4 Å². The quantitative estimate of drug-likeness (QED) is 0.415. The number of pyridine rings is 1. The summed E-state index contributed by atoms with van der Waals surface area (Å²) in [5.41, 5.74) is 1.32. The van der Waals surface area contributed by atoms with Crippen LogP contribution in [0.1, 0.15) is 16.8 Å². The number of hydrogen-bond acceptors (Lipinski definition) is 10. The Bertz CT molecular complexity index is 1410. The zero-order chi connectivity index (χ0) is 27.3. The highest BCUT2D eigenvalue weighted by molar-refractivity contribution is 5.96. The van der Waals surface area contributed by atoms with Crippen molar-refractivity contribution in [2.24, 2.45) is 4.99 Å². The second-order valence-corrected chi connectivity index (χ2v) is 9.91. The van der Waals surface area contributed by atoms with Gasteiger partial charge in [-0.15, -0.1) is 0 Å². The Hall–Kier alpha value is -3.74. The lowest BCUT2D eigenvalue weighted by atomic mass is 10.2. The van der Waals surface area contributed by atoms with E-state index in [1.165, 1.54) is 0 Å². The van der Waals surface area contributed by atoms with Gasteiger partial charge in [0.15, 0.2) is 11.5 Å². The number of carbonyl (C=O) groups excluding carboxylic acids is 1. The van der Waals surface area contributed by atoms with Crippen molar-refractivity contribution in [3.8, 4) is 11.5 Å². The Balaban J connectivity index is 1.25. The van der Waals surface area contributed by atoms with Crippen molar-refractivity contribution in [1.29, 1.82) is 0 Å². The molecule has 0 spiro atoms. The molecule has 5 heterocycles. The third kappa shape index (κ3) is 5.60. The van der Waals surface area contributed by atoms with Crippen LogP contribution in [0.2, 0.25) is 0 Å². The number of rotatable bonds is 8. The molecule has 0 unspecified atom stereocenters. The molecule has 1 aromatic carbocycles. The highest BCUT2D eigenvalue weighted by Crippen LogP contribution is 2.37.